The number of halogens is 2. The summed E-state index contributed by atoms with van der Waals surface area (Å²) in [5.74, 6) is -1.48. The van der Waals surface area contributed by atoms with Gasteiger partial charge in [0.2, 0.25) is 5.91 Å². The predicted molar refractivity (Wildman–Crippen MR) is 90.8 cm³/mol. The van der Waals surface area contributed by atoms with Crippen LogP contribution in [0.2, 0.25) is 0 Å². The number of rotatable bonds is 6. The van der Waals surface area contributed by atoms with Crippen LogP contribution in [0.1, 0.15) is 29.3 Å². The minimum absolute atomic E-state index is 0.0625. The zero-order valence-corrected chi connectivity index (χ0v) is 14.4. The monoisotopic (exact) mass is 395 g/mol. The largest absolute Gasteiger partial charge is 0.489 e. The van der Waals surface area contributed by atoms with Gasteiger partial charge >= 0.3 is 5.97 Å². The molecule has 0 spiro atoms. The summed E-state index contributed by atoms with van der Waals surface area (Å²) in [6.07, 6.45) is 0.246. The number of hydrogen-bond acceptors (Lipinski definition) is 3. The van der Waals surface area contributed by atoms with Crippen LogP contribution in [0.3, 0.4) is 0 Å². The van der Waals surface area contributed by atoms with E-state index in [1.165, 1.54) is 24.3 Å². The van der Waals surface area contributed by atoms with Crippen molar-refractivity contribution >= 4 is 33.5 Å². The molecule has 7 heteroatoms. The van der Waals surface area contributed by atoms with E-state index in [1.54, 1.807) is 19.1 Å². The fourth-order valence-corrected chi connectivity index (χ4v) is 2.40. The maximum absolute atomic E-state index is 13.1. The molecule has 0 fully saturated rings. The molecule has 2 rings (SSSR count). The first-order valence-corrected chi connectivity index (χ1v) is 7.94. The van der Waals surface area contributed by atoms with Crippen LogP contribution in [0.4, 0.5) is 10.1 Å². The molecular formula is C17H15BrFNO4. The number of amides is 1. The van der Waals surface area contributed by atoms with Crippen molar-refractivity contribution in [2.45, 2.75) is 20.0 Å². The maximum Gasteiger partial charge on any atom is 0.337 e. The van der Waals surface area contributed by atoms with Crippen LogP contribution < -0.4 is 10.1 Å². The summed E-state index contributed by atoms with van der Waals surface area (Å²) < 4.78 is 19.2. The van der Waals surface area contributed by atoms with Gasteiger partial charge in [0, 0.05) is 16.5 Å². The van der Waals surface area contributed by atoms with E-state index < -0.39 is 5.97 Å². The van der Waals surface area contributed by atoms with E-state index in [4.69, 9.17) is 4.74 Å². The molecule has 0 aromatic heterocycles. The third-order valence-corrected chi connectivity index (χ3v) is 3.96. The zero-order chi connectivity index (χ0) is 17.7. The van der Waals surface area contributed by atoms with Crippen molar-refractivity contribution in [3.05, 3.63) is 57.8 Å². The van der Waals surface area contributed by atoms with Crippen LogP contribution in [0.15, 0.2) is 40.9 Å². The Hall–Kier alpha value is -2.41. The topological polar surface area (TPSA) is 75.6 Å². The van der Waals surface area contributed by atoms with Crippen LogP contribution in [0.5, 0.6) is 5.75 Å². The first-order chi connectivity index (χ1) is 11.4. The van der Waals surface area contributed by atoms with Gasteiger partial charge in [-0.05, 0) is 30.3 Å². The van der Waals surface area contributed by atoms with E-state index in [1.807, 2.05) is 0 Å². The van der Waals surface area contributed by atoms with Crippen LogP contribution in [0.25, 0.3) is 0 Å². The molecule has 0 unspecified atom stereocenters. The molecule has 2 aromatic carbocycles. The van der Waals surface area contributed by atoms with Crippen LogP contribution in [-0.4, -0.2) is 17.0 Å². The summed E-state index contributed by atoms with van der Waals surface area (Å²) in [5.41, 5.74) is 0.869. The van der Waals surface area contributed by atoms with Crippen molar-refractivity contribution < 1.29 is 23.8 Å². The van der Waals surface area contributed by atoms with Crippen LogP contribution >= 0.6 is 15.9 Å². The van der Waals surface area contributed by atoms with Crippen molar-refractivity contribution in [2.75, 3.05) is 5.32 Å². The van der Waals surface area contributed by atoms with Crippen molar-refractivity contribution in [3.63, 3.8) is 0 Å². The highest BCUT2D eigenvalue weighted by molar-refractivity contribution is 9.10. The number of nitrogens with one attached hydrogen (secondary N) is 1. The molecule has 0 atom stereocenters. The Morgan fingerprint density at radius 1 is 1.25 bits per heavy atom. The number of carboxylic acids is 1. The number of ether oxygens (including phenoxy) is 1. The van der Waals surface area contributed by atoms with E-state index in [2.05, 4.69) is 21.2 Å². The van der Waals surface area contributed by atoms with Gasteiger partial charge in [0.05, 0.1) is 11.3 Å². The average Bonchev–Trinajstić information content (AvgIpc) is 2.54. The molecule has 0 saturated carbocycles. The number of carbonyl (C=O) groups is 2. The molecule has 0 saturated heterocycles. The Bertz CT molecular complexity index is 779. The fraction of sp³-hybridized carbons (Fsp3) is 0.176. The molecule has 0 heterocycles. The molecule has 24 heavy (non-hydrogen) atoms. The average molecular weight is 396 g/mol. The lowest BCUT2D eigenvalue weighted by Crippen LogP contribution is -2.13. The second-order valence-electron chi connectivity index (χ2n) is 4.94. The van der Waals surface area contributed by atoms with Gasteiger partial charge in [-0.1, -0.05) is 28.9 Å². The van der Waals surface area contributed by atoms with Gasteiger partial charge in [-0.15, -0.1) is 0 Å². The summed E-state index contributed by atoms with van der Waals surface area (Å²) in [5, 5.41) is 11.8. The molecule has 0 aliphatic heterocycles. The van der Waals surface area contributed by atoms with Crippen molar-refractivity contribution in [1.82, 2.24) is 0 Å². The normalized spacial score (nSPS) is 10.3. The quantitative estimate of drug-likeness (QED) is 0.767. The Balaban J connectivity index is 2.17. The summed E-state index contributed by atoms with van der Waals surface area (Å²) >= 11 is 3.24. The SMILES string of the molecule is CCC(=O)Nc1ccc(OCc2ccc(F)cc2Br)cc1C(=O)O. The highest BCUT2D eigenvalue weighted by Gasteiger charge is 2.14. The van der Waals surface area contributed by atoms with E-state index in [9.17, 15) is 19.1 Å². The second kappa shape index (κ2) is 7.92. The summed E-state index contributed by atoms with van der Waals surface area (Å²) in [6.45, 7) is 1.81. The number of benzene rings is 2. The van der Waals surface area contributed by atoms with Crippen molar-refractivity contribution in [1.29, 1.82) is 0 Å². The van der Waals surface area contributed by atoms with Crippen LogP contribution in [0, 0.1) is 5.82 Å². The number of carboxylic acid groups (broad SMARTS) is 1. The van der Waals surface area contributed by atoms with E-state index in [0.717, 1.165) is 5.56 Å². The van der Waals surface area contributed by atoms with Gasteiger partial charge in [-0.2, -0.15) is 0 Å². The van der Waals surface area contributed by atoms with Gasteiger partial charge < -0.3 is 15.2 Å². The highest BCUT2D eigenvalue weighted by Crippen LogP contribution is 2.25. The number of anilines is 1. The fourth-order valence-electron chi connectivity index (χ4n) is 1.94. The number of carbonyl (C=O) groups excluding carboxylic acids is 1. The first-order valence-electron chi connectivity index (χ1n) is 7.14. The van der Waals surface area contributed by atoms with Gasteiger partial charge in [-0.25, -0.2) is 9.18 Å². The minimum Gasteiger partial charge on any atom is -0.489 e. The Morgan fingerprint density at radius 2 is 2.00 bits per heavy atom. The summed E-state index contributed by atoms with van der Waals surface area (Å²) in [7, 11) is 0. The summed E-state index contributed by atoms with van der Waals surface area (Å²) in [4.78, 5) is 22.8. The molecule has 2 aromatic rings. The van der Waals surface area contributed by atoms with Gasteiger partial charge in [-0.3, -0.25) is 4.79 Å². The van der Waals surface area contributed by atoms with E-state index in [-0.39, 0.29) is 36.0 Å². The molecule has 1 amide bonds. The summed E-state index contributed by atoms with van der Waals surface area (Å²) in [6, 6.07) is 8.60. The van der Waals surface area contributed by atoms with Crippen LogP contribution in [-0.2, 0) is 11.4 Å². The van der Waals surface area contributed by atoms with E-state index >= 15 is 0 Å². The maximum atomic E-state index is 13.1. The Morgan fingerprint density at radius 3 is 2.62 bits per heavy atom. The standard InChI is InChI=1S/C17H15BrFNO4/c1-2-16(21)20-15-6-5-12(8-13(15)17(22)23)24-9-10-3-4-11(19)7-14(10)18/h3-8H,2,9H2,1H3,(H,20,21)(H,22,23). The van der Waals surface area contributed by atoms with Crippen molar-refractivity contribution in [3.8, 4) is 5.75 Å². The third kappa shape index (κ3) is 4.55. The molecule has 0 aliphatic rings. The minimum atomic E-state index is -1.17. The molecule has 0 aliphatic carbocycles. The second-order valence-corrected chi connectivity index (χ2v) is 5.79. The molecular weight excluding hydrogens is 381 g/mol. The molecule has 126 valence electrons. The Kier molecular flexibility index (Phi) is 5.92. The number of aromatic carboxylic acids is 1. The Labute approximate surface area is 146 Å². The van der Waals surface area contributed by atoms with Crippen molar-refractivity contribution in [2.24, 2.45) is 0 Å². The molecule has 0 radical (unpaired) electrons. The molecule has 0 bridgehead atoms. The highest BCUT2D eigenvalue weighted by atomic mass is 79.9. The van der Waals surface area contributed by atoms with Gasteiger partial charge in [0.25, 0.3) is 0 Å². The lowest BCUT2D eigenvalue weighted by molar-refractivity contribution is -0.115. The van der Waals surface area contributed by atoms with Gasteiger partial charge in [0.15, 0.2) is 0 Å². The van der Waals surface area contributed by atoms with E-state index in [0.29, 0.717) is 10.2 Å². The lowest BCUT2D eigenvalue weighted by atomic mass is 10.1. The lowest BCUT2D eigenvalue weighted by Gasteiger charge is -2.12. The first kappa shape index (κ1) is 17.9. The molecule has 2 N–H and O–H groups in total. The zero-order valence-electron chi connectivity index (χ0n) is 12.8. The third-order valence-electron chi connectivity index (χ3n) is 3.23. The number of hydrogen-bond donors (Lipinski definition) is 2. The smallest absolute Gasteiger partial charge is 0.337 e. The predicted octanol–water partition coefficient (Wildman–Crippen LogP) is 4.21. The molecule has 5 nitrogen and oxygen atoms in total. The van der Waals surface area contributed by atoms with Gasteiger partial charge in [0.1, 0.15) is 18.2 Å².